The molecule has 0 aliphatic heterocycles. The lowest BCUT2D eigenvalue weighted by Crippen LogP contribution is -2.20. The third-order valence-corrected chi connectivity index (χ3v) is 9.62. The first-order valence-corrected chi connectivity index (χ1v) is 16.2. The highest BCUT2D eigenvalue weighted by Crippen LogP contribution is 2.43. The minimum atomic E-state index is 0.404. The second-order valence-electron chi connectivity index (χ2n) is 13.1. The van der Waals surface area contributed by atoms with Gasteiger partial charge in [0.25, 0.3) is 0 Å². The molecule has 0 spiro atoms. The Labute approximate surface area is 266 Å². The second-order valence-corrected chi connectivity index (χ2v) is 13.1. The van der Waals surface area contributed by atoms with E-state index in [1.807, 2.05) is 12.3 Å². The van der Waals surface area contributed by atoms with Crippen LogP contribution in [-0.2, 0) is 6.42 Å². The number of rotatable bonds is 6. The molecule has 0 fully saturated rings. The van der Waals surface area contributed by atoms with Gasteiger partial charge in [-0.15, -0.1) is 0 Å². The number of hydrogen-bond donors (Lipinski definition) is 0. The van der Waals surface area contributed by atoms with Gasteiger partial charge in [-0.2, -0.15) is 5.10 Å². The van der Waals surface area contributed by atoms with Crippen molar-refractivity contribution in [2.45, 2.75) is 67.2 Å². The van der Waals surface area contributed by atoms with Gasteiger partial charge in [-0.3, -0.25) is 4.57 Å². The summed E-state index contributed by atoms with van der Waals surface area (Å²) in [5, 5.41) is 7.48. The number of benzene rings is 3. The minimum Gasteiger partial charge on any atom is -0.457 e. The van der Waals surface area contributed by atoms with Gasteiger partial charge in [0.1, 0.15) is 17.3 Å². The zero-order valence-electron chi connectivity index (χ0n) is 27.4. The van der Waals surface area contributed by atoms with E-state index in [9.17, 15) is 0 Å². The van der Waals surface area contributed by atoms with E-state index in [-0.39, 0.29) is 0 Å². The largest absolute Gasteiger partial charge is 0.457 e. The van der Waals surface area contributed by atoms with Gasteiger partial charge in [-0.05, 0) is 106 Å². The van der Waals surface area contributed by atoms with Gasteiger partial charge < -0.3 is 4.74 Å². The maximum absolute atomic E-state index is 6.66. The van der Waals surface area contributed by atoms with Crippen LogP contribution < -0.4 is 4.74 Å². The fourth-order valence-electron chi connectivity index (χ4n) is 7.73. The molecule has 5 nitrogen and oxygen atoms in total. The average molecular weight is 595 g/mol. The van der Waals surface area contributed by atoms with Crippen LogP contribution in [0.4, 0.5) is 0 Å². The van der Waals surface area contributed by atoms with Crippen LogP contribution in [0.1, 0.15) is 68.1 Å². The molecule has 1 unspecified atom stereocenters. The molecule has 0 saturated carbocycles. The van der Waals surface area contributed by atoms with Gasteiger partial charge in [-0.25, -0.2) is 9.67 Å². The Hall–Kier alpha value is -4.64. The van der Waals surface area contributed by atoms with Crippen molar-refractivity contribution in [3.8, 4) is 23.0 Å². The van der Waals surface area contributed by atoms with Crippen LogP contribution in [0.15, 0.2) is 90.6 Å². The van der Waals surface area contributed by atoms with E-state index in [0.717, 1.165) is 46.2 Å². The molecule has 0 bridgehead atoms. The first kappa shape index (κ1) is 29.1. The van der Waals surface area contributed by atoms with Crippen LogP contribution in [-0.4, -0.2) is 19.3 Å². The number of hydrogen-bond acceptors (Lipinski definition) is 3. The Morgan fingerprint density at radius 3 is 2.42 bits per heavy atom. The van der Waals surface area contributed by atoms with E-state index in [1.54, 1.807) is 0 Å². The molecular weight excluding hydrogens is 552 g/mol. The zero-order chi connectivity index (χ0) is 31.4. The Bertz CT molecular complexity index is 2100. The molecule has 5 heteroatoms. The van der Waals surface area contributed by atoms with E-state index < -0.39 is 0 Å². The van der Waals surface area contributed by atoms with Crippen molar-refractivity contribution in [3.63, 3.8) is 0 Å². The van der Waals surface area contributed by atoms with Gasteiger partial charge in [0.2, 0.25) is 0 Å². The fourth-order valence-corrected chi connectivity index (χ4v) is 7.73. The first-order chi connectivity index (χ1) is 21.7. The van der Waals surface area contributed by atoms with Gasteiger partial charge in [0.15, 0.2) is 0 Å². The fraction of sp³-hybridized carbons (Fsp3) is 0.300. The maximum Gasteiger partial charge on any atom is 0.137 e. The molecular formula is C40H42N4O. The minimum absolute atomic E-state index is 0.404. The number of aromatic nitrogens is 4. The summed E-state index contributed by atoms with van der Waals surface area (Å²) >= 11 is 0. The highest BCUT2D eigenvalue weighted by atomic mass is 16.5. The SMILES string of the molecule is CCc1cc(Oc2ccc3c4ccccc4n(-c4cc(C)ccn4)c3c2)cc(-n2nc(C)c(C3C(C)=C[C@H](C)C[C@@H]3C)c2C)c1. The van der Waals surface area contributed by atoms with Crippen LogP contribution >= 0.6 is 0 Å². The lowest BCUT2D eigenvalue weighted by atomic mass is 9.72. The monoisotopic (exact) mass is 594 g/mol. The number of para-hydroxylation sites is 1. The van der Waals surface area contributed by atoms with Crippen molar-refractivity contribution >= 4 is 21.8 Å². The third-order valence-electron chi connectivity index (χ3n) is 9.62. The standard InChI is InChI=1S/C40H42N4O/c1-8-30-20-31(44-29(7)40(28(6)42-44)39-26(4)17-25(3)18-27(39)5)22-33(21-30)45-32-13-14-35-34-11-9-10-12-36(34)43(37(35)23-32)38-19-24(2)15-16-41-38/h9-17,19-23,25,27,39H,8,18H2,1-7H3/t25-,27-,39?/m0/s1. The van der Waals surface area contributed by atoms with Crippen molar-refractivity contribution in [1.82, 2.24) is 19.3 Å². The molecule has 0 radical (unpaired) electrons. The summed E-state index contributed by atoms with van der Waals surface area (Å²) in [6, 6.07) is 25.6. The molecule has 6 aromatic rings. The smallest absolute Gasteiger partial charge is 0.137 e. The maximum atomic E-state index is 6.66. The van der Waals surface area contributed by atoms with E-state index in [0.29, 0.717) is 17.8 Å². The van der Waals surface area contributed by atoms with Crippen molar-refractivity contribution in [2.24, 2.45) is 11.8 Å². The molecule has 7 rings (SSSR count). The lowest BCUT2D eigenvalue weighted by molar-refractivity contribution is 0.390. The summed E-state index contributed by atoms with van der Waals surface area (Å²) in [6.45, 7) is 15.7. The summed E-state index contributed by atoms with van der Waals surface area (Å²) in [4.78, 5) is 4.74. The van der Waals surface area contributed by atoms with Crippen molar-refractivity contribution in [2.75, 3.05) is 0 Å². The molecule has 0 saturated heterocycles. The topological polar surface area (TPSA) is 44.9 Å². The Morgan fingerprint density at radius 2 is 1.64 bits per heavy atom. The van der Waals surface area contributed by atoms with E-state index in [2.05, 4.69) is 131 Å². The number of allylic oxidation sites excluding steroid dienone is 2. The van der Waals surface area contributed by atoms with Gasteiger partial charge in [-0.1, -0.05) is 50.6 Å². The van der Waals surface area contributed by atoms with Gasteiger partial charge in [0, 0.05) is 46.3 Å². The van der Waals surface area contributed by atoms with E-state index >= 15 is 0 Å². The third kappa shape index (κ3) is 5.14. The summed E-state index contributed by atoms with van der Waals surface area (Å²) in [7, 11) is 0. The number of pyridine rings is 1. The number of aryl methyl sites for hydroxylation is 3. The second kappa shape index (κ2) is 11.4. The van der Waals surface area contributed by atoms with Crippen LogP contribution in [0, 0.1) is 32.6 Å². The van der Waals surface area contributed by atoms with Gasteiger partial charge in [0.05, 0.1) is 22.4 Å². The van der Waals surface area contributed by atoms with Gasteiger partial charge >= 0.3 is 0 Å². The van der Waals surface area contributed by atoms with Crippen molar-refractivity contribution in [3.05, 3.63) is 119 Å². The number of nitrogens with zero attached hydrogens (tertiary/aromatic N) is 4. The molecule has 228 valence electrons. The molecule has 1 aliphatic carbocycles. The lowest BCUT2D eigenvalue weighted by Gasteiger charge is -2.32. The highest BCUT2D eigenvalue weighted by Gasteiger charge is 2.31. The Morgan fingerprint density at radius 1 is 0.844 bits per heavy atom. The van der Waals surface area contributed by atoms with Crippen LogP contribution in [0.25, 0.3) is 33.3 Å². The predicted molar refractivity (Wildman–Crippen MR) is 185 cm³/mol. The summed E-state index contributed by atoms with van der Waals surface area (Å²) in [5.41, 5.74) is 10.8. The molecule has 0 N–H and O–H groups in total. The van der Waals surface area contributed by atoms with E-state index in [1.165, 1.54) is 45.2 Å². The van der Waals surface area contributed by atoms with Crippen LogP contribution in [0.3, 0.4) is 0 Å². The Balaban J connectivity index is 1.30. The summed E-state index contributed by atoms with van der Waals surface area (Å²) in [5.74, 6) is 4.12. The van der Waals surface area contributed by atoms with Crippen LogP contribution in [0.5, 0.6) is 11.5 Å². The van der Waals surface area contributed by atoms with Crippen molar-refractivity contribution < 1.29 is 4.74 Å². The molecule has 3 aromatic heterocycles. The average Bonchev–Trinajstić information content (AvgIpc) is 3.49. The van der Waals surface area contributed by atoms with Crippen molar-refractivity contribution in [1.29, 1.82) is 0 Å². The number of ether oxygens (including phenoxy) is 1. The highest BCUT2D eigenvalue weighted by molar-refractivity contribution is 6.09. The summed E-state index contributed by atoms with van der Waals surface area (Å²) in [6.07, 6.45) is 6.44. The normalized spacial score (nSPS) is 18.5. The Kier molecular flexibility index (Phi) is 7.35. The molecule has 3 atom stereocenters. The number of fused-ring (bicyclic) bond motifs is 3. The molecule has 3 aromatic carbocycles. The molecule has 45 heavy (non-hydrogen) atoms. The molecule has 1 aliphatic rings. The molecule has 0 amide bonds. The predicted octanol–water partition coefficient (Wildman–Crippen LogP) is 10.4. The summed E-state index contributed by atoms with van der Waals surface area (Å²) < 4.78 is 11.0. The van der Waals surface area contributed by atoms with Crippen LogP contribution in [0.2, 0.25) is 0 Å². The molecule has 3 heterocycles. The van der Waals surface area contributed by atoms with E-state index in [4.69, 9.17) is 14.8 Å². The first-order valence-electron chi connectivity index (χ1n) is 16.2. The quantitative estimate of drug-likeness (QED) is 0.180. The zero-order valence-corrected chi connectivity index (χ0v) is 27.4.